The lowest BCUT2D eigenvalue weighted by Gasteiger charge is -2.21. The van der Waals surface area contributed by atoms with Gasteiger partial charge < -0.3 is 14.2 Å². The predicted molar refractivity (Wildman–Crippen MR) is 84.6 cm³/mol. The van der Waals surface area contributed by atoms with E-state index in [1.54, 1.807) is 0 Å². The van der Waals surface area contributed by atoms with Gasteiger partial charge in [0.15, 0.2) is 0 Å². The van der Waals surface area contributed by atoms with Crippen LogP contribution in [0.1, 0.15) is 46.0 Å². The van der Waals surface area contributed by atoms with Crippen molar-refractivity contribution in [2.75, 3.05) is 26.4 Å². The van der Waals surface area contributed by atoms with Crippen LogP contribution in [0.2, 0.25) is 0 Å². The van der Waals surface area contributed by atoms with E-state index in [0.717, 1.165) is 38.6 Å². The van der Waals surface area contributed by atoms with Crippen LogP contribution in [0.4, 0.5) is 0 Å². The van der Waals surface area contributed by atoms with Gasteiger partial charge in [-0.15, -0.1) is 0 Å². The van der Waals surface area contributed by atoms with Crippen LogP contribution in [0.3, 0.4) is 0 Å². The third-order valence-electron chi connectivity index (χ3n) is 3.79. The second kappa shape index (κ2) is 9.06. The number of hydrogen-bond acceptors (Lipinski definition) is 3. The fourth-order valence-corrected chi connectivity index (χ4v) is 2.43. The Morgan fingerprint density at radius 2 is 2.05 bits per heavy atom. The summed E-state index contributed by atoms with van der Waals surface area (Å²) in [5, 5.41) is 2.69. The highest BCUT2D eigenvalue weighted by atomic mass is 16.6. The molecular formula is C18H28O3. The van der Waals surface area contributed by atoms with Crippen molar-refractivity contribution in [3.63, 3.8) is 0 Å². The Bertz CT molecular complexity index is 489. The summed E-state index contributed by atoms with van der Waals surface area (Å²) in [5.74, 6) is 1.10. The van der Waals surface area contributed by atoms with Crippen molar-refractivity contribution in [3.8, 4) is 5.75 Å². The summed E-state index contributed by atoms with van der Waals surface area (Å²) < 4.78 is 16.2. The van der Waals surface area contributed by atoms with Crippen molar-refractivity contribution in [1.29, 1.82) is 0 Å². The third-order valence-corrected chi connectivity index (χ3v) is 3.79. The topological polar surface area (TPSA) is 27.7 Å². The molecule has 3 aliphatic rings. The highest BCUT2D eigenvalue weighted by molar-refractivity contribution is 5.38. The summed E-state index contributed by atoms with van der Waals surface area (Å²) >= 11 is 0. The van der Waals surface area contributed by atoms with Crippen LogP contribution in [0.25, 0.3) is 0 Å². The van der Waals surface area contributed by atoms with E-state index in [4.69, 9.17) is 14.2 Å². The van der Waals surface area contributed by atoms with Crippen molar-refractivity contribution >= 4 is 0 Å². The Labute approximate surface area is 127 Å². The second-order valence-electron chi connectivity index (χ2n) is 5.62. The van der Waals surface area contributed by atoms with Gasteiger partial charge in [-0.3, -0.25) is 0 Å². The molecule has 0 aromatic carbocycles. The van der Waals surface area contributed by atoms with Crippen LogP contribution in [0.5, 0.6) is 5.75 Å². The Balaban J connectivity index is 0.000000161. The molecule has 1 saturated heterocycles. The van der Waals surface area contributed by atoms with E-state index in [9.17, 15) is 0 Å². The van der Waals surface area contributed by atoms with Gasteiger partial charge in [0.05, 0.1) is 32.5 Å². The molecule has 3 nitrogen and oxygen atoms in total. The Morgan fingerprint density at radius 3 is 2.57 bits per heavy atom. The van der Waals surface area contributed by atoms with Crippen molar-refractivity contribution in [2.45, 2.75) is 52.1 Å². The van der Waals surface area contributed by atoms with Gasteiger partial charge in [-0.1, -0.05) is 45.2 Å². The lowest BCUT2D eigenvalue weighted by atomic mass is 10.1. The van der Waals surface area contributed by atoms with Crippen LogP contribution < -0.4 is 4.74 Å². The van der Waals surface area contributed by atoms with Crippen LogP contribution in [0, 0.1) is 10.4 Å². The molecule has 3 rings (SSSR count). The molecule has 1 fully saturated rings. The van der Waals surface area contributed by atoms with Crippen LogP contribution >= 0.6 is 0 Å². The van der Waals surface area contributed by atoms with E-state index in [1.807, 2.05) is 0 Å². The summed E-state index contributed by atoms with van der Waals surface area (Å²) in [4.78, 5) is 0. The molecule has 0 amide bonds. The number of ether oxygens (including phenoxy) is 3. The summed E-state index contributed by atoms with van der Waals surface area (Å²) in [7, 11) is 0. The number of hydrogen-bond donors (Lipinski definition) is 0. The zero-order valence-corrected chi connectivity index (χ0v) is 13.4. The standard InChI is InChI=1S/C11H14O.C7H14O2/c1-2-3-4-7-12-11-8-9-5-6-10(9)11;1-2-3-7-6-8-4-5-9-7/h5-6,8H,2-4,7H2,1H3;7H,2-6H2,1H3. The predicted octanol–water partition coefficient (Wildman–Crippen LogP) is 4.06. The minimum Gasteiger partial charge on any atom is -0.493 e. The fourth-order valence-electron chi connectivity index (χ4n) is 2.43. The van der Waals surface area contributed by atoms with E-state index < -0.39 is 0 Å². The van der Waals surface area contributed by atoms with E-state index in [-0.39, 0.29) is 0 Å². The maximum atomic E-state index is 5.57. The summed E-state index contributed by atoms with van der Waals surface area (Å²) in [5.41, 5.74) is 0. The highest BCUT2D eigenvalue weighted by Gasteiger charge is 2.11. The van der Waals surface area contributed by atoms with E-state index in [1.165, 1.54) is 36.1 Å². The lowest BCUT2D eigenvalue weighted by molar-refractivity contribution is -0.0906. The SMILES string of the molecule is CCCC1COCCO1.CCCCCOc1cc2ccc1=2. The van der Waals surface area contributed by atoms with Gasteiger partial charge >= 0.3 is 0 Å². The van der Waals surface area contributed by atoms with Crippen LogP contribution in [0.15, 0.2) is 18.2 Å². The average molecular weight is 292 g/mol. The number of benzene rings is 1. The van der Waals surface area contributed by atoms with Gasteiger partial charge in [0.25, 0.3) is 0 Å². The first-order valence-electron chi connectivity index (χ1n) is 8.31. The zero-order chi connectivity index (χ0) is 14.9. The monoisotopic (exact) mass is 292 g/mol. The summed E-state index contributed by atoms with van der Waals surface area (Å²) in [6, 6.07) is 6.35. The molecule has 0 aromatic heterocycles. The van der Waals surface area contributed by atoms with Gasteiger partial charge in [0.2, 0.25) is 0 Å². The Morgan fingerprint density at radius 1 is 1.14 bits per heavy atom. The quantitative estimate of drug-likeness (QED) is 0.720. The molecule has 3 heteroatoms. The molecule has 1 aliphatic heterocycles. The van der Waals surface area contributed by atoms with Crippen LogP contribution in [-0.4, -0.2) is 32.5 Å². The largest absolute Gasteiger partial charge is 0.493 e. The first-order chi connectivity index (χ1) is 10.3. The fraction of sp³-hybridized carbons (Fsp3) is 0.667. The maximum absolute atomic E-state index is 5.57. The minimum absolute atomic E-state index is 0.378. The second-order valence-corrected chi connectivity index (χ2v) is 5.62. The third kappa shape index (κ3) is 5.01. The smallest absolute Gasteiger partial charge is 0.127 e. The maximum Gasteiger partial charge on any atom is 0.127 e. The van der Waals surface area contributed by atoms with E-state index >= 15 is 0 Å². The van der Waals surface area contributed by atoms with E-state index in [2.05, 4.69) is 32.0 Å². The molecule has 0 bridgehead atoms. The molecule has 0 saturated carbocycles. The van der Waals surface area contributed by atoms with Gasteiger partial charge in [-0.05, 0) is 24.1 Å². The van der Waals surface area contributed by atoms with Gasteiger partial charge in [-0.2, -0.15) is 0 Å². The molecule has 21 heavy (non-hydrogen) atoms. The van der Waals surface area contributed by atoms with Gasteiger partial charge in [-0.25, -0.2) is 0 Å². The number of rotatable bonds is 7. The minimum atomic E-state index is 0.378. The van der Waals surface area contributed by atoms with Gasteiger partial charge in [0, 0.05) is 5.22 Å². The molecular weight excluding hydrogens is 264 g/mol. The molecule has 1 heterocycles. The molecule has 0 radical (unpaired) electrons. The Kier molecular flexibility index (Phi) is 7.04. The summed E-state index contributed by atoms with van der Waals surface area (Å²) in [6.45, 7) is 7.61. The molecule has 1 unspecified atom stereocenters. The first kappa shape index (κ1) is 16.3. The van der Waals surface area contributed by atoms with Crippen LogP contribution in [-0.2, 0) is 9.47 Å². The normalized spacial score (nSPS) is 18.7. The van der Waals surface area contributed by atoms with Crippen molar-refractivity contribution in [1.82, 2.24) is 0 Å². The van der Waals surface area contributed by atoms with Crippen molar-refractivity contribution in [3.05, 3.63) is 28.6 Å². The highest BCUT2D eigenvalue weighted by Crippen LogP contribution is 2.23. The van der Waals surface area contributed by atoms with Crippen molar-refractivity contribution in [2.24, 2.45) is 0 Å². The molecule has 1 atom stereocenters. The molecule has 0 aromatic rings. The molecule has 0 N–H and O–H groups in total. The summed E-state index contributed by atoms with van der Waals surface area (Å²) in [6.07, 6.45) is 6.42. The molecule has 0 spiro atoms. The molecule has 118 valence electrons. The molecule has 2 aliphatic carbocycles. The number of unbranched alkanes of at least 4 members (excludes halogenated alkanes) is 2. The lowest BCUT2D eigenvalue weighted by Crippen LogP contribution is -2.28. The average Bonchev–Trinajstić information content (AvgIpc) is 2.50. The Hall–Kier alpha value is -1.06. The van der Waals surface area contributed by atoms with E-state index in [0.29, 0.717) is 6.10 Å². The first-order valence-corrected chi connectivity index (χ1v) is 8.31. The zero-order valence-electron chi connectivity index (χ0n) is 13.4. The van der Waals surface area contributed by atoms with Gasteiger partial charge in [0.1, 0.15) is 5.75 Å². The van der Waals surface area contributed by atoms with Crippen molar-refractivity contribution < 1.29 is 14.2 Å².